The molecule has 0 spiro atoms. The fraction of sp³-hybridized carbons (Fsp3) is 0. The second kappa shape index (κ2) is 2.65. The molecule has 0 amide bonds. The molecule has 2 N–H and O–H groups in total. The molecule has 2 aromatic heterocycles. The van der Waals surface area contributed by atoms with Crippen LogP contribution >= 0.6 is 12.2 Å². The first-order valence-corrected chi connectivity index (χ1v) is 4.71. The van der Waals surface area contributed by atoms with Crippen molar-refractivity contribution >= 4 is 34.0 Å². The van der Waals surface area contributed by atoms with E-state index in [9.17, 15) is 0 Å². The predicted octanol–water partition coefficient (Wildman–Crippen LogP) is 2.77. The Morgan fingerprint density at radius 3 is 2.93 bits per heavy atom. The lowest BCUT2D eigenvalue weighted by Crippen LogP contribution is -1.80. The molecule has 0 saturated carbocycles. The van der Waals surface area contributed by atoms with Crippen molar-refractivity contribution < 1.29 is 0 Å². The third-order valence-corrected chi connectivity index (χ3v) is 2.63. The summed E-state index contributed by atoms with van der Waals surface area (Å²) in [5.74, 6) is 0. The van der Waals surface area contributed by atoms with E-state index in [-0.39, 0.29) is 0 Å². The first-order chi connectivity index (χ1) is 6.86. The maximum Gasteiger partial charge on any atom is 0.144 e. The van der Waals surface area contributed by atoms with Gasteiger partial charge in [-0.15, -0.1) is 0 Å². The van der Waals surface area contributed by atoms with Crippen LogP contribution in [0.4, 0.5) is 0 Å². The van der Waals surface area contributed by atoms with E-state index in [2.05, 4.69) is 21.2 Å². The molecule has 3 rings (SSSR count). The highest BCUT2D eigenvalue weighted by Crippen LogP contribution is 2.23. The van der Waals surface area contributed by atoms with Crippen molar-refractivity contribution in [1.82, 2.24) is 15.2 Å². The van der Waals surface area contributed by atoms with E-state index in [0.29, 0.717) is 4.64 Å². The first-order valence-electron chi connectivity index (χ1n) is 4.30. The number of para-hydroxylation sites is 1. The zero-order valence-corrected chi connectivity index (χ0v) is 8.06. The molecule has 0 aliphatic carbocycles. The maximum absolute atomic E-state index is 5.15. The van der Waals surface area contributed by atoms with Gasteiger partial charge in [-0.05, 0) is 6.07 Å². The van der Waals surface area contributed by atoms with Crippen LogP contribution in [0.15, 0.2) is 30.5 Å². The van der Waals surface area contributed by atoms with Crippen LogP contribution in [0.1, 0.15) is 0 Å². The summed E-state index contributed by atoms with van der Waals surface area (Å²) in [5, 5.41) is 8.99. The Morgan fingerprint density at radius 2 is 2.00 bits per heavy atom. The molecule has 2 heterocycles. The molecular weight excluding hydrogens is 194 g/mol. The summed E-state index contributed by atoms with van der Waals surface area (Å²) in [5.41, 5.74) is 2.05. The number of aromatic nitrogens is 3. The lowest BCUT2D eigenvalue weighted by Gasteiger charge is -1.88. The number of nitrogens with zero attached hydrogens (tertiary/aromatic N) is 1. The van der Waals surface area contributed by atoms with Crippen LogP contribution in [0, 0.1) is 4.64 Å². The van der Waals surface area contributed by atoms with E-state index < -0.39 is 0 Å². The molecule has 3 nitrogen and oxygen atoms in total. The minimum atomic E-state index is 0.652. The molecule has 3 aromatic rings. The Labute approximate surface area is 84.8 Å². The number of aromatic amines is 2. The van der Waals surface area contributed by atoms with Crippen molar-refractivity contribution in [3.05, 3.63) is 35.1 Å². The summed E-state index contributed by atoms with van der Waals surface area (Å²) in [6, 6.07) is 8.10. The molecule has 4 heteroatoms. The van der Waals surface area contributed by atoms with E-state index >= 15 is 0 Å². The third-order valence-electron chi connectivity index (χ3n) is 2.33. The van der Waals surface area contributed by atoms with Gasteiger partial charge in [-0.2, -0.15) is 5.10 Å². The lowest BCUT2D eigenvalue weighted by molar-refractivity contribution is 1.03. The van der Waals surface area contributed by atoms with Gasteiger partial charge < -0.3 is 4.98 Å². The third kappa shape index (κ3) is 0.914. The minimum absolute atomic E-state index is 0.652. The van der Waals surface area contributed by atoms with Gasteiger partial charge in [0.2, 0.25) is 0 Å². The fourth-order valence-corrected chi connectivity index (χ4v) is 1.90. The molecule has 0 radical (unpaired) electrons. The number of nitrogens with one attached hydrogen (secondary N) is 2. The second-order valence-corrected chi connectivity index (χ2v) is 3.57. The molecule has 0 aliphatic heterocycles. The molecule has 0 aliphatic rings. The predicted molar refractivity (Wildman–Crippen MR) is 58.8 cm³/mol. The van der Waals surface area contributed by atoms with Gasteiger partial charge in [-0.25, -0.2) is 0 Å². The van der Waals surface area contributed by atoms with Crippen molar-refractivity contribution in [1.29, 1.82) is 0 Å². The number of fused-ring (bicyclic) bond motifs is 3. The first kappa shape index (κ1) is 7.70. The molecule has 0 atom stereocenters. The van der Waals surface area contributed by atoms with E-state index in [1.807, 2.05) is 18.2 Å². The largest absolute Gasteiger partial charge is 0.352 e. The van der Waals surface area contributed by atoms with Crippen molar-refractivity contribution in [3.63, 3.8) is 0 Å². The molecule has 0 fully saturated rings. The zero-order chi connectivity index (χ0) is 9.54. The van der Waals surface area contributed by atoms with E-state index in [1.54, 1.807) is 6.20 Å². The second-order valence-electron chi connectivity index (χ2n) is 3.16. The molecular formula is C10H7N3S. The Kier molecular flexibility index (Phi) is 1.46. The molecule has 1 aromatic carbocycles. The quantitative estimate of drug-likeness (QED) is 0.549. The zero-order valence-electron chi connectivity index (χ0n) is 7.24. The van der Waals surface area contributed by atoms with Crippen LogP contribution in [0.5, 0.6) is 0 Å². The van der Waals surface area contributed by atoms with Crippen molar-refractivity contribution in [2.45, 2.75) is 0 Å². The molecule has 0 unspecified atom stereocenters. The van der Waals surface area contributed by atoms with Crippen LogP contribution in [-0.2, 0) is 0 Å². The molecule has 0 bridgehead atoms. The fourth-order valence-electron chi connectivity index (χ4n) is 1.69. The number of benzene rings is 1. The summed E-state index contributed by atoms with van der Waals surface area (Å²) in [7, 11) is 0. The summed E-state index contributed by atoms with van der Waals surface area (Å²) >= 11 is 5.15. The van der Waals surface area contributed by atoms with Gasteiger partial charge in [0.05, 0.1) is 11.7 Å². The van der Waals surface area contributed by atoms with E-state index in [4.69, 9.17) is 12.2 Å². The van der Waals surface area contributed by atoms with Crippen molar-refractivity contribution in [3.8, 4) is 0 Å². The van der Waals surface area contributed by atoms with Crippen LogP contribution < -0.4 is 0 Å². The summed E-state index contributed by atoms with van der Waals surface area (Å²) in [6.45, 7) is 0. The number of hydrogen-bond donors (Lipinski definition) is 2. The average Bonchev–Trinajstić information content (AvgIpc) is 2.59. The smallest absolute Gasteiger partial charge is 0.144 e. The van der Waals surface area contributed by atoms with E-state index in [1.165, 1.54) is 0 Å². The standard InChI is InChI=1S/C10H7N3S/c14-10-9-7(5-11-13-10)6-3-1-2-4-8(6)12-9/h1-5,12H,(H,13,14). The highest BCUT2D eigenvalue weighted by Gasteiger charge is 2.03. The Hall–Kier alpha value is -1.68. The highest BCUT2D eigenvalue weighted by molar-refractivity contribution is 7.71. The molecule has 0 saturated heterocycles. The number of hydrogen-bond acceptors (Lipinski definition) is 2. The van der Waals surface area contributed by atoms with Crippen LogP contribution in [0.25, 0.3) is 21.8 Å². The van der Waals surface area contributed by atoms with E-state index in [0.717, 1.165) is 21.8 Å². The van der Waals surface area contributed by atoms with Crippen molar-refractivity contribution in [2.75, 3.05) is 0 Å². The van der Waals surface area contributed by atoms with Gasteiger partial charge in [-0.3, -0.25) is 5.10 Å². The van der Waals surface area contributed by atoms with Gasteiger partial charge >= 0.3 is 0 Å². The monoisotopic (exact) mass is 201 g/mol. The summed E-state index contributed by atoms with van der Waals surface area (Å²) in [4.78, 5) is 3.27. The Morgan fingerprint density at radius 1 is 1.14 bits per heavy atom. The van der Waals surface area contributed by atoms with Gasteiger partial charge in [0.25, 0.3) is 0 Å². The molecule has 14 heavy (non-hydrogen) atoms. The Balaban J connectivity index is 2.70. The SMILES string of the molecule is S=c1[nH]ncc2c1[nH]c1ccccc12. The number of rotatable bonds is 0. The van der Waals surface area contributed by atoms with Gasteiger partial charge in [0.1, 0.15) is 4.64 Å². The van der Waals surface area contributed by atoms with Gasteiger partial charge in [0.15, 0.2) is 0 Å². The normalized spacial score (nSPS) is 11.1. The molecule has 68 valence electrons. The highest BCUT2D eigenvalue weighted by atomic mass is 32.1. The summed E-state index contributed by atoms with van der Waals surface area (Å²) in [6.07, 6.45) is 1.80. The maximum atomic E-state index is 5.15. The topological polar surface area (TPSA) is 44.5 Å². The van der Waals surface area contributed by atoms with Gasteiger partial charge in [0, 0.05) is 16.3 Å². The van der Waals surface area contributed by atoms with Gasteiger partial charge in [-0.1, -0.05) is 30.4 Å². The van der Waals surface area contributed by atoms with Crippen LogP contribution in [-0.4, -0.2) is 15.2 Å². The minimum Gasteiger partial charge on any atom is -0.352 e. The number of H-pyrrole nitrogens is 2. The van der Waals surface area contributed by atoms with Crippen LogP contribution in [0.2, 0.25) is 0 Å². The Bertz CT molecular complexity index is 665. The van der Waals surface area contributed by atoms with Crippen molar-refractivity contribution in [2.24, 2.45) is 0 Å². The average molecular weight is 201 g/mol. The lowest BCUT2D eigenvalue weighted by atomic mass is 10.2. The summed E-state index contributed by atoms with van der Waals surface area (Å²) < 4.78 is 0.652. The van der Waals surface area contributed by atoms with Crippen LogP contribution in [0.3, 0.4) is 0 Å².